The summed E-state index contributed by atoms with van der Waals surface area (Å²) in [4.78, 5) is 29.9. The average Bonchev–Trinajstić information content (AvgIpc) is 3.26. The highest BCUT2D eigenvalue weighted by atomic mass is 19.4. The standard InChI is InChI=1S/C31H35F8N5O3/c1-29(2,3)27(46)40-14-16-5-10-20(31(37,38)39)21(11-16)42-28-43-22-12-19(24(47-15-25(32)33)13-23(22)44(28)4)26(45)41-18-8-6-17(7-9-18)30(34,35)36/h5,10-13,17-18,25H,6-9,14-15H2,1-4H3,(H,40,46)(H,41,45)(H,42,43)/t17-,18+. The molecule has 2 amide bonds. The number of rotatable bonds is 9. The summed E-state index contributed by atoms with van der Waals surface area (Å²) in [6, 6.07) is 5.19. The smallest absolute Gasteiger partial charge is 0.418 e. The van der Waals surface area contributed by atoms with E-state index in [-0.39, 0.29) is 72.1 Å². The predicted molar refractivity (Wildman–Crippen MR) is 158 cm³/mol. The van der Waals surface area contributed by atoms with Crippen LogP contribution in [0.15, 0.2) is 30.3 Å². The van der Waals surface area contributed by atoms with Crippen molar-refractivity contribution in [3.05, 3.63) is 47.0 Å². The van der Waals surface area contributed by atoms with Crippen LogP contribution in [0.25, 0.3) is 11.0 Å². The van der Waals surface area contributed by atoms with E-state index in [1.165, 1.54) is 35.9 Å². The van der Waals surface area contributed by atoms with Crippen molar-refractivity contribution in [3.8, 4) is 5.75 Å². The number of hydrogen-bond donors (Lipinski definition) is 3. The molecule has 0 saturated heterocycles. The first-order chi connectivity index (χ1) is 21.7. The molecule has 2 aromatic carbocycles. The second-order valence-electron chi connectivity index (χ2n) is 12.5. The first-order valence-corrected chi connectivity index (χ1v) is 14.8. The average molecular weight is 678 g/mol. The number of halogens is 8. The summed E-state index contributed by atoms with van der Waals surface area (Å²) in [6.45, 7) is 3.95. The number of nitrogens with zero attached hydrogens (tertiary/aromatic N) is 2. The van der Waals surface area contributed by atoms with Gasteiger partial charge in [0.1, 0.15) is 12.4 Å². The van der Waals surface area contributed by atoms with Gasteiger partial charge in [-0.25, -0.2) is 13.8 Å². The van der Waals surface area contributed by atoms with Crippen LogP contribution in [0.1, 0.15) is 67.9 Å². The fourth-order valence-corrected chi connectivity index (χ4v) is 5.23. The van der Waals surface area contributed by atoms with Gasteiger partial charge >= 0.3 is 12.4 Å². The van der Waals surface area contributed by atoms with E-state index in [0.29, 0.717) is 5.56 Å². The van der Waals surface area contributed by atoms with Gasteiger partial charge in [-0.3, -0.25) is 9.59 Å². The molecule has 4 rings (SSSR count). The molecule has 0 bridgehead atoms. The zero-order valence-corrected chi connectivity index (χ0v) is 26.0. The topological polar surface area (TPSA) is 97.3 Å². The maximum atomic E-state index is 14.0. The number of alkyl halides is 8. The number of imidazole rings is 1. The number of nitrogens with one attached hydrogen (secondary N) is 3. The lowest BCUT2D eigenvalue weighted by atomic mass is 9.85. The molecule has 0 atom stereocenters. The molecular formula is C31H35F8N5O3. The maximum absolute atomic E-state index is 14.0. The Morgan fingerprint density at radius 1 is 1.00 bits per heavy atom. The van der Waals surface area contributed by atoms with Gasteiger partial charge in [-0.1, -0.05) is 26.8 Å². The molecule has 1 aliphatic rings. The second-order valence-corrected chi connectivity index (χ2v) is 12.5. The molecule has 0 aliphatic heterocycles. The largest absolute Gasteiger partial charge is 0.487 e. The first-order valence-electron chi connectivity index (χ1n) is 14.8. The van der Waals surface area contributed by atoms with Crippen LogP contribution < -0.4 is 20.7 Å². The Morgan fingerprint density at radius 2 is 1.66 bits per heavy atom. The third-order valence-corrected chi connectivity index (χ3v) is 7.89. The van der Waals surface area contributed by atoms with Crippen molar-refractivity contribution in [3.63, 3.8) is 0 Å². The van der Waals surface area contributed by atoms with Gasteiger partial charge in [-0.05, 0) is 49.4 Å². The Morgan fingerprint density at radius 3 is 2.23 bits per heavy atom. The van der Waals surface area contributed by atoms with E-state index in [1.807, 2.05) is 0 Å². The van der Waals surface area contributed by atoms with E-state index in [0.717, 1.165) is 6.07 Å². The van der Waals surface area contributed by atoms with Gasteiger partial charge in [0.25, 0.3) is 12.3 Å². The molecule has 47 heavy (non-hydrogen) atoms. The lowest BCUT2D eigenvalue weighted by molar-refractivity contribution is -0.182. The third kappa shape index (κ3) is 8.83. The molecule has 3 N–H and O–H groups in total. The lowest BCUT2D eigenvalue weighted by Gasteiger charge is -2.30. The summed E-state index contributed by atoms with van der Waals surface area (Å²) in [5.74, 6) is -2.92. The van der Waals surface area contributed by atoms with Crippen LogP contribution in [-0.4, -0.2) is 46.6 Å². The van der Waals surface area contributed by atoms with Gasteiger partial charge in [-0.15, -0.1) is 0 Å². The minimum atomic E-state index is -4.76. The van der Waals surface area contributed by atoms with Crippen molar-refractivity contribution in [2.75, 3.05) is 11.9 Å². The zero-order valence-electron chi connectivity index (χ0n) is 26.0. The minimum absolute atomic E-state index is 0.0490. The number of aromatic nitrogens is 2. The fourth-order valence-electron chi connectivity index (χ4n) is 5.23. The van der Waals surface area contributed by atoms with Crippen LogP contribution in [0, 0.1) is 11.3 Å². The molecular weight excluding hydrogens is 642 g/mol. The normalized spacial score (nSPS) is 17.6. The van der Waals surface area contributed by atoms with E-state index < -0.39 is 54.2 Å². The zero-order chi connectivity index (χ0) is 34.9. The number of carbonyl (C=O) groups excluding carboxylic acids is 2. The number of aryl methyl sites for hydroxylation is 1. The van der Waals surface area contributed by atoms with Gasteiger partial charge in [0, 0.05) is 31.1 Å². The van der Waals surface area contributed by atoms with Gasteiger partial charge in [0.05, 0.1) is 33.8 Å². The highest BCUT2D eigenvalue weighted by molar-refractivity contribution is 6.01. The summed E-state index contributed by atoms with van der Waals surface area (Å²) in [7, 11) is 1.45. The van der Waals surface area contributed by atoms with Crippen molar-refractivity contribution in [1.82, 2.24) is 20.2 Å². The van der Waals surface area contributed by atoms with Crippen LogP contribution in [0.5, 0.6) is 5.75 Å². The molecule has 1 saturated carbocycles. The van der Waals surface area contributed by atoms with E-state index in [1.54, 1.807) is 20.8 Å². The molecule has 16 heteroatoms. The second kappa shape index (κ2) is 13.6. The molecule has 1 heterocycles. The quantitative estimate of drug-likeness (QED) is 0.204. The molecule has 0 radical (unpaired) electrons. The first kappa shape index (κ1) is 35.7. The summed E-state index contributed by atoms with van der Waals surface area (Å²) < 4.78 is 114. The third-order valence-electron chi connectivity index (χ3n) is 7.89. The van der Waals surface area contributed by atoms with Crippen LogP contribution in [-0.2, 0) is 24.6 Å². The Labute approximate surface area is 265 Å². The van der Waals surface area contributed by atoms with Crippen molar-refractivity contribution in [2.45, 2.75) is 77.8 Å². The summed E-state index contributed by atoms with van der Waals surface area (Å²) in [6.07, 6.45) is -12.2. The molecule has 3 aromatic rings. The van der Waals surface area contributed by atoms with Crippen LogP contribution in [0.4, 0.5) is 46.8 Å². The number of amides is 2. The van der Waals surface area contributed by atoms with Crippen molar-refractivity contribution < 1.29 is 49.4 Å². The van der Waals surface area contributed by atoms with Gasteiger partial charge < -0.3 is 25.3 Å². The van der Waals surface area contributed by atoms with Crippen molar-refractivity contribution >= 4 is 34.5 Å². The Bertz CT molecular complexity index is 1600. The Balaban J connectivity index is 1.65. The van der Waals surface area contributed by atoms with Crippen LogP contribution in [0.3, 0.4) is 0 Å². The molecule has 0 spiro atoms. The van der Waals surface area contributed by atoms with Gasteiger partial charge in [0.2, 0.25) is 11.9 Å². The van der Waals surface area contributed by atoms with E-state index >= 15 is 0 Å². The summed E-state index contributed by atoms with van der Waals surface area (Å²) >= 11 is 0. The Hall–Kier alpha value is -4.11. The number of benzene rings is 2. The predicted octanol–water partition coefficient (Wildman–Crippen LogP) is 7.49. The van der Waals surface area contributed by atoms with Gasteiger partial charge in [-0.2, -0.15) is 26.3 Å². The molecule has 1 aliphatic carbocycles. The van der Waals surface area contributed by atoms with Crippen molar-refractivity contribution in [1.29, 1.82) is 0 Å². The number of ether oxygens (including phenoxy) is 1. The lowest BCUT2D eigenvalue weighted by Crippen LogP contribution is -2.40. The number of hydrogen-bond acceptors (Lipinski definition) is 5. The van der Waals surface area contributed by atoms with Crippen LogP contribution >= 0.6 is 0 Å². The fraction of sp³-hybridized carbons (Fsp3) is 0.516. The molecule has 1 fully saturated rings. The van der Waals surface area contributed by atoms with Gasteiger partial charge in [0.15, 0.2) is 0 Å². The Kier molecular flexibility index (Phi) is 10.3. The van der Waals surface area contributed by atoms with E-state index in [9.17, 15) is 44.7 Å². The monoisotopic (exact) mass is 677 g/mol. The maximum Gasteiger partial charge on any atom is 0.418 e. The molecule has 258 valence electrons. The highest BCUT2D eigenvalue weighted by Gasteiger charge is 2.41. The molecule has 8 nitrogen and oxygen atoms in total. The highest BCUT2D eigenvalue weighted by Crippen LogP contribution is 2.39. The number of anilines is 2. The SMILES string of the molecule is Cn1c(Nc2cc(CNC(=O)C(C)(C)C)ccc2C(F)(F)F)nc2cc(C(=O)N[C@H]3CC[C@@H](C(F)(F)F)CC3)c(OCC(F)F)cc21. The minimum Gasteiger partial charge on any atom is -0.487 e. The van der Waals surface area contributed by atoms with Crippen molar-refractivity contribution in [2.24, 2.45) is 18.4 Å². The molecule has 1 aromatic heterocycles. The number of fused-ring (bicyclic) bond motifs is 1. The number of carbonyl (C=O) groups is 2. The molecule has 0 unspecified atom stereocenters. The summed E-state index contributed by atoms with van der Waals surface area (Å²) in [5.41, 5.74) is -1.64. The van der Waals surface area contributed by atoms with Crippen LogP contribution in [0.2, 0.25) is 0 Å². The summed E-state index contributed by atoms with van der Waals surface area (Å²) in [5, 5.41) is 7.98. The van der Waals surface area contributed by atoms with E-state index in [4.69, 9.17) is 4.74 Å². The van der Waals surface area contributed by atoms with E-state index in [2.05, 4.69) is 20.9 Å².